The molecule has 1 amide bonds. The van der Waals surface area contributed by atoms with Gasteiger partial charge in [-0.3, -0.25) is 28.9 Å². The summed E-state index contributed by atoms with van der Waals surface area (Å²) in [6.45, 7) is 0. The second-order valence-electron chi connectivity index (χ2n) is 12.3. The molecule has 2 fully saturated rings. The standard InChI is InChI=1S/C31H36N4O7/c1-33(2)16-9-7-14(8-10-16)17-13-20(34(3)4)18-11-15-12-19-24(35(5)6)27(38)23(30(32)41)29(40)31(19,42)28(39)21(15)26(37)22(18)25(17)36/h7-10,13,15,19,21,23-24,36,42H,11-12H2,1-6H3,(H2,32,41)/t15-,19-,21?,23?,24-,31-/m0/s1. The van der Waals surface area contributed by atoms with E-state index >= 15 is 0 Å². The van der Waals surface area contributed by atoms with Crippen LogP contribution in [0.25, 0.3) is 11.1 Å². The Labute approximate surface area is 243 Å². The van der Waals surface area contributed by atoms with Gasteiger partial charge in [0.25, 0.3) is 0 Å². The van der Waals surface area contributed by atoms with E-state index in [-0.39, 0.29) is 24.2 Å². The van der Waals surface area contributed by atoms with E-state index in [4.69, 9.17) is 5.73 Å². The normalized spacial score (nSPS) is 28.7. The maximum Gasteiger partial charge on any atom is 0.235 e. The maximum absolute atomic E-state index is 14.2. The first-order chi connectivity index (χ1) is 19.6. The van der Waals surface area contributed by atoms with E-state index in [9.17, 15) is 34.2 Å². The number of hydrogen-bond donors (Lipinski definition) is 3. The Morgan fingerprint density at radius 2 is 1.57 bits per heavy atom. The number of nitrogens with two attached hydrogens (primary N) is 1. The van der Waals surface area contributed by atoms with Crippen molar-refractivity contribution >= 4 is 40.4 Å². The summed E-state index contributed by atoms with van der Waals surface area (Å²) in [6.07, 6.45) is 0.206. The van der Waals surface area contributed by atoms with Crippen molar-refractivity contribution in [2.75, 3.05) is 52.1 Å². The van der Waals surface area contributed by atoms with E-state index in [2.05, 4.69) is 0 Å². The molecule has 4 N–H and O–H groups in total. The fourth-order valence-electron chi connectivity index (χ4n) is 7.21. The van der Waals surface area contributed by atoms with Gasteiger partial charge in [0.1, 0.15) is 5.75 Å². The van der Waals surface area contributed by atoms with Crippen LogP contribution in [-0.2, 0) is 25.6 Å². The molecule has 0 spiro atoms. The third-order valence-electron chi connectivity index (χ3n) is 9.21. The molecule has 2 saturated carbocycles. The summed E-state index contributed by atoms with van der Waals surface area (Å²) in [4.78, 5) is 72.5. The molecule has 0 radical (unpaired) electrons. The zero-order valence-corrected chi connectivity index (χ0v) is 24.5. The molecule has 42 heavy (non-hydrogen) atoms. The van der Waals surface area contributed by atoms with Crippen LogP contribution in [-0.4, -0.2) is 98.1 Å². The van der Waals surface area contributed by atoms with Gasteiger partial charge >= 0.3 is 0 Å². The summed E-state index contributed by atoms with van der Waals surface area (Å²) in [7, 11) is 10.6. The number of ketones is 4. The minimum Gasteiger partial charge on any atom is -0.507 e. The second-order valence-corrected chi connectivity index (χ2v) is 12.3. The number of rotatable bonds is 5. The first-order valence-electron chi connectivity index (χ1n) is 13.8. The van der Waals surface area contributed by atoms with Crippen molar-refractivity contribution in [3.8, 4) is 16.9 Å². The highest BCUT2D eigenvalue weighted by Gasteiger charge is 2.69. The molecule has 3 aliphatic carbocycles. The van der Waals surface area contributed by atoms with Crippen LogP contribution in [0.3, 0.4) is 0 Å². The van der Waals surface area contributed by atoms with E-state index in [1.807, 2.05) is 62.3 Å². The molecular weight excluding hydrogens is 540 g/mol. The van der Waals surface area contributed by atoms with Crippen molar-refractivity contribution in [1.82, 2.24) is 4.90 Å². The van der Waals surface area contributed by atoms with Crippen molar-refractivity contribution in [3.63, 3.8) is 0 Å². The smallest absolute Gasteiger partial charge is 0.235 e. The number of anilines is 2. The van der Waals surface area contributed by atoms with E-state index in [1.54, 1.807) is 20.2 Å². The topological polar surface area (TPSA) is 162 Å². The van der Waals surface area contributed by atoms with Crippen LogP contribution in [0.5, 0.6) is 5.75 Å². The fraction of sp³-hybridized carbons (Fsp3) is 0.452. The number of Topliss-reactive ketones (excluding diaryl/α,β-unsaturated/α-hetero) is 4. The molecule has 2 aromatic rings. The van der Waals surface area contributed by atoms with Crippen LogP contribution in [0.4, 0.5) is 11.4 Å². The number of primary amides is 1. The number of likely N-dealkylation sites (N-methyl/N-ethyl adjacent to an activating group) is 1. The lowest BCUT2D eigenvalue weighted by Gasteiger charge is -2.52. The number of amides is 1. The SMILES string of the molecule is CN(C)c1ccc(-c2cc(N(C)C)c3c(c2O)C(=O)C2C(=O)[C@]4(O)C(=O)C(C(N)=O)C(=O)[C@@H](N(C)C)[C@@H]4C[C@@H]2C3)cc1. The fourth-order valence-corrected chi connectivity index (χ4v) is 7.21. The minimum atomic E-state index is -2.75. The number of phenolic OH excluding ortho intramolecular Hbond substituents is 1. The zero-order valence-electron chi connectivity index (χ0n) is 24.5. The van der Waals surface area contributed by atoms with Crippen molar-refractivity contribution < 1.29 is 34.2 Å². The summed E-state index contributed by atoms with van der Waals surface area (Å²) in [5, 5.41) is 23.3. The summed E-state index contributed by atoms with van der Waals surface area (Å²) in [5.74, 6) is -10.6. The highest BCUT2D eigenvalue weighted by Crippen LogP contribution is 2.53. The van der Waals surface area contributed by atoms with Crippen LogP contribution >= 0.6 is 0 Å². The number of carbonyl (C=O) groups excluding carboxylic acids is 5. The monoisotopic (exact) mass is 576 g/mol. The molecular formula is C31H36N4O7. The Morgan fingerprint density at radius 3 is 2.10 bits per heavy atom. The zero-order chi connectivity index (χ0) is 31.0. The molecule has 0 aliphatic heterocycles. The molecule has 0 heterocycles. The summed E-state index contributed by atoms with van der Waals surface area (Å²) in [6, 6.07) is 8.09. The number of aromatic hydroxyl groups is 1. The third-order valence-corrected chi connectivity index (χ3v) is 9.21. The van der Waals surface area contributed by atoms with Crippen molar-refractivity contribution in [2.45, 2.75) is 24.5 Å². The van der Waals surface area contributed by atoms with Gasteiger partial charge in [-0.1, -0.05) is 12.1 Å². The molecule has 0 saturated heterocycles. The van der Waals surface area contributed by atoms with Gasteiger partial charge in [-0.25, -0.2) is 0 Å². The molecule has 5 rings (SSSR count). The van der Waals surface area contributed by atoms with Crippen LogP contribution in [0, 0.1) is 23.7 Å². The average molecular weight is 577 g/mol. The molecule has 3 aliphatic rings. The third kappa shape index (κ3) is 4.05. The van der Waals surface area contributed by atoms with E-state index < -0.39 is 64.4 Å². The Bertz CT molecular complexity index is 1530. The number of hydrogen-bond acceptors (Lipinski definition) is 10. The van der Waals surface area contributed by atoms with Gasteiger partial charge in [0.05, 0.1) is 17.5 Å². The molecule has 11 nitrogen and oxygen atoms in total. The average Bonchev–Trinajstić information content (AvgIpc) is 2.90. The van der Waals surface area contributed by atoms with E-state index in [0.29, 0.717) is 22.4 Å². The quantitative estimate of drug-likeness (QED) is 0.431. The molecule has 6 atom stereocenters. The van der Waals surface area contributed by atoms with Crippen LogP contribution < -0.4 is 15.5 Å². The second kappa shape index (κ2) is 10.0. The Hall–Kier alpha value is -4.09. The lowest BCUT2D eigenvalue weighted by atomic mass is 9.52. The highest BCUT2D eigenvalue weighted by molar-refractivity contribution is 6.32. The van der Waals surface area contributed by atoms with Gasteiger partial charge in [0, 0.05) is 51.0 Å². The molecule has 2 unspecified atom stereocenters. The Balaban J connectivity index is 1.67. The number of phenols is 1. The number of nitrogens with zero attached hydrogens (tertiary/aromatic N) is 3. The molecule has 2 aromatic carbocycles. The molecule has 222 valence electrons. The van der Waals surface area contributed by atoms with Gasteiger partial charge in [-0.15, -0.1) is 0 Å². The van der Waals surface area contributed by atoms with E-state index in [1.165, 1.54) is 4.90 Å². The summed E-state index contributed by atoms with van der Waals surface area (Å²) >= 11 is 0. The van der Waals surface area contributed by atoms with Crippen LogP contribution in [0.1, 0.15) is 22.3 Å². The lowest BCUT2D eigenvalue weighted by Crippen LogP contribution is -2.74. The number of benzene rings is 2. The molecule has 0 bridgehead atoms. The van der Waals surface area contributed by atoms with Crippen molar-refractivity contribution in [3.05, 3.63) is 41.5 Å². The molecule has 11 heteroatoms. The first-order valence-corrected chi connectivity index (χ1v) is 13.8. The Kier molecular flexibility index (Phi) is 7.02. The van der Waals surface area contributed by atoms with Gasteiger partial charge in [-0.05, 0) is 62.2 Å². The minimum absolute atomic E-state index is 0.00523. The number of carbonyl (C=O) groups is 5. The predicted octanol–water partition coefficient (Wildman–Crippen LogP) is 0.666. The largest absolute Gasteiger partial charge is 0.507 e. The lowest BCUT2D eigenvalue weighted by molar-refractivity contribution is -0.181. The van der Waals surface area contributed by atoms with Crippen LogP contribution in [0.2, 0.25) is 0 Å². The van der Waals surface area contributed by atoms with E-state index in [0.717, 1.165) is 5.69 Å². The highest BCUT2D eigenvalue weighted by atomic mass is 16.3. The first kappa shape index (κ1) is 29.4. The number of aliphatic hydroxyl groups is 1. The van der Waals surface area contributed by atoms with Crippen molar-refractivity contribution in [1.29, 1.82) is 0 Å². The van der Waals surface area contributed by atoms with Gasteiger partial charge in [0.15, 0.2) is 34.7 Å². The number of fused-ring (bicyclic) bond motifs is 3. The predicted molar refractivity (Wildman–Crippen MR) is 155 cm³/mol. The van der Waals surface area contributed by atoms with Gasteiger partial charge < -0.3 is 25.7 Å². The summed E-state index contributed by atoms with van der Waals surface area (Å²) < 4.78 is 0. The van der Waals surface area contributed by atoms with Gasteiger partial charge in [0.2, 0.25) is 5.91 Å². The van der Waals surface area contributed by atoms with Crippen molar-refractivity contribution in [2.24, 2.45) is 29.4 Å². The molecule has 0 aromatic heterocycles. The van der Waals surface area contributed by atoms with Crippen LogP contribution in [0.15, 0.2) is 30.3 Å². The maximum atomic E-state index is 14.2. The Morgan fingerprint density at radius 1 is 0.952 bits per heavy atom. The van der Waals surface area contributed by atoms with Gasteiger partial charge in [-0.2, -0.15) is 0 Å². The summed E-state index contributed by atoms with van der Waals surface area (Å²) in [5.41, 5.74) is 5.85.